The highest BCUT2D eigenvalue weighted by Gasteiger charge is 2.18. The number of hydrogen-bond acceptors (Lipinski definition) is 5. The molecule has 1 heterocycles. The van der Waals surface area contributed by atoms with Crippen LogP contribution in [0.1, 0.15) is 23.0 Å². The molecule has 0 saturated carbocycles. The Bertz CT molecular complexity index is 970. The lowest BCUT2D eigenvalue weighted by molar-refractivity contribution is -0.114. The molecule has 0 aliphatic rings. The molecule has 2 aromatic carbocycles. The second-order valence-corrected chi connectivity index (χ2v) is 6.98. The minimum absolute atomic E-state index is 0.200. The fraction of sp³-hybridized carbons (Fsp3) is 0.143. The van der Waals surface area contributed by atoms with E-state index in [1.165, 1.54) is 20.3 Å². The number of amides is 2. The number of methoxy groups -OCH3 is 1. The van der Waals surface area contributed by atoms with Gasteiger partial charge in [0.2, 0.25) is 5.91 Å². The molecule has 2 amide bonds. The lowest BCUT2D eigenvalue weighted by Crippen LogP contribution is -2.14. The lowest BCUT2D eigenvalue weighted by atomic mass is 10.2. The van der Waals surface area contributed by atoms with Crippen LogP contribution in [0.3, 0.4) is 0 Å². The first-order valence-electron chi connectivity index (χ1n) is 8.58. The smallest absolute Gasteiger partial charge is 0.291 e. The molecule has 0 saturated heterocycles. The molecule has 28 heavy (non-hydrogen) atoms. The molecule has 0 fully saturated rings. The summed E-state index contributed by atoms with van der Waals surface area (Å²) in [7, 11) is 1.51. The number of carbonyl (C=O) groups is 2. The number of rotatable bonds is 7. The zero-order valence-electron chi connectivity index (χ0n) is 15.5. The zero-order chi connectivity index (χ0) is 19.9. The number of hydrogen-bond donors (Lipinski definition) is 2. The van der Waals surface area contributed by atoms with Crippen LogP contribution >= 0.6 is 11.8 Å². The van der Waals surface area contributed by atoms with Gasteiger partial charge in [-0.25, -0.2) is 0 Å². The molecule has 3 aromatic rings. The molecule has 0 aliphatic heterocycles. The van der Waals surface area contributed by atoms with E-state index in [0.29, 0.717) is 22.9 Å². The van der Waals surface area contributed by atoms with Crippen molar-refractivity contribution in [1.82, 2.24) is 0 Å². The van der Waals surface area contributed by atoms with Crippen LogP contribution in [0.5, 0.6) is 5.75 Å². The number of carbonyl (C=O) groups excluding carboxylic acids is 2. The Kier molecular flexibility index (Phi) is 6.39. The van der Waals surface area contributed by atoms with Crippen LogP contribution in [0.15, 0.2) is 70.2 Å². The van der Waals surface area contributed by atoms with Crippen molar-refractivity contribution in [2.45, 2.75) is 17.6 Å². The molecule has 0 aliphatic carbocycles. The largest absolute Gasteiger partial charge is 0.495 e. The maximum Gasteiger partial charge on any atom is 0.291 e. The third-order valence-electron chi connectivity index (χ3n) is 3.86. The van der Waals surface area contributed by atoms with Crippen LogP contribution in [0.25, 0.3) is 0 Å². The molecule has 7 heteroatoms. The summed E-state index contributed by atoms with van der Waals surface area (Å²) < 4.78 is 10.7. The van der Waals surface area contributed by atoms with E-state index in [1.54, 1.807) is 36.0 Å². The number of furan rings is 1. The first-order valence-corrected chi connectivity index (χ1v) is 9.56. The fourth-order valence-electron chi connectivity index (χ4n) is 2.59. The standard InChI is InChI=1S/C21H20N2O4S/c1-14(24)22-16-8-9-19(26-2)18(12-16)23-21(25)20-15(10-11-27-20)13-28-17-6-4-3-5-7-17/h3-12H,13H2,1-2H3,(H,22,24)(H,23,25). The Labute approximate surface area is 167 Å². The molecule has 6 nitrogen and oxygen atoms in total. The summed E-state index contributed by atoms with van der Waals surface area (Å²) in [5, 5.41) is 5.48. The first-order chi connectivity index (χ1) is 13.6. The van der Waals surface area contributed by atoms with Crippen molar-refractivity contribution in [2.75, 3.05) is 17.7 Å². The molecule has 0 bridgehead atoms. The van der Waals surface area contributed by atoms with Crippen LogP contribution in [0.4, 0.5) is 11.4 Å². The van der Waals surface area contributed by atoms with Gasteiger partial charge in [0, 0.05) is 28.8 Å². The molecular formula is C21H20N2O4S. The van der Waals surface area contributed by atoms with E-state index in [2.05, 4.69) is 10.6 Å². The van der Waals surface area contributed by atoms with Crippen LogP contribution in [0.2, 0.25) is 0 Å². The predicted molar refractivity (Wildman–Crippen MR) is 110 cm³/mol. The molecule has 144 valence electrons. The maximum absolute atomic E-state index is 12.8. The van der Waals surface area contributed by atoms with Gasteiger partial charge >= 0.3 is 0 Å². The number of thioether (sulfide) groups is 1. The highest BCUT2D eigenvalue weighted by molar-refractivity contribution is 7.98. The maximum atomic E-state index is 12.8. The number of nitrogens with one attached hydrogen (secondary N) is 2. The first kappa shape index (κ1) is 19.6. The minimum atomic E-state index is -0.382. The second-order valence-electron chi connectivity index (χ2n) is 5.93. The summed E-state index contributed by atoms with van der Waals surface area (Å²) in [4.78, 5) is 25.1. The third-order valence-corrected chi connectivity index (χ3v) is 4.92. The number of anilines is 2. The lowest BCUT2D eigenvalue weighted by Gasteiger charge is -2.12. The number of benzene rings is 2. The highest BCUT2D eigenvalue weighted by atomic mass is 32.2. The van der Waals surface area contributed by atoms with Crippen molar-refractivity contribution in [3.05, 3.63) is 72.2 Å². The van der Waals surface area contributed by atoms with E-state index < -0.39 is 0 Å². The Hall–Kier alpha value is -3.19. The van der Waals surface area contributed by atoms with Gasteiger partial charge in [-0.15, -0.1) is 11.8 Å². The fourth-order valence-corrected chi connectivity index (χ4v) is 3.49. The molecular weight excluding hydrogens is 376 g/mol. The summed E-state index contributed by atoms with van der Waals surface area (Å²) in [6, 6.07) is 16.7. The Morgan fingerprint density at radius 3 is 2.57 bits per heavy atom. The van der Waals surface area contributed by atoms with Gasteiger partial charge in [0.25, 0.3) is 5.91 Å². The number of ether oxygens (including phenoxy) is 1. The minimum Gasteiger partial charge on any atom is -0.495 e. The Morgan fingerprint density at radius 1 is 1.07 bits per heavy atom. The van der Waals surface area contributed by atoms with E-state index in [1.807, 2.05) is 30.3 Å². The summed E-state index contributed by atoms with van der Waals surface area (Å²) in [5.74, 6) is 0.747. The molecule has 3 rings (SSSR count). The van der Waals surface area contributed by atoms with Crippen molar-refractivity contribution in [3.63, 3.8) is 0 Å². The molecule has 0 atom stereocenters. The van der Waals surface area contributed by atoms with Gasteiger partial charge in [0.15, 0.2) is 5.76 Å². The third kappa shape index (κ3) is 4.95. The highest BCUT2D eigenvalue weighted by Crippen LogP contribution is 2.30. The normalized spacial score (nSPS) is 10.4. The Balaban J connectivity index is 1.75. The summed E-state index contributed by atoms with van der Waals surface area (Å²) in [6.07, 6.45) is 1.50. The van der Waals surface area contributed by atoms with Crippen LogP contribution in [-0.4, -0.2) is 18.9 Å². The summed E-state index contributed by atoms with van der Waals surface area (Å²) >= 11 is 1.62. The second kappa shape index (κ2) is 9.14. The van der Waals surface area contributed by atoms with Gasteiger partial charge in [-0.1, -0.05) is 18.2 Å². The summed E-state index contributed by atoms with van der Waals surface area (Å²) in [5.41, 5.74) is 1.79. The molecule has 2 N–H and O–H groups in total. The zero-order valence-corrected chi connectivity index (χ0v) is 16.3. The van der Waals surface area contributed by atoms with Crippen LogP contribution in [-0.2, 0) is 10.5 Å². The predicted octanol–water partition coefficient (Wildman–Crippen LogP) is 4.79. The van der Waals surface area contributed by atoms with Gasteiger partial charge < -0.3 is 19.8 Å². The van der Waals surface area contributed by atoms with E-state index in [9.17, 15) is 9.59 Å². The topological polar surface area (TPSA) is 80.6 Å². The van der Waals surface area contributed by atoms with E-state index in [-0.39, 0.29) is 17.6 Å². The monoisotopic (exact) mass is 396 g/mol. The van der Waals surface area contributed by atoms with Gasteiger partial charge in [-0.05, 0) is 36.4 Å². The van der Waals surface area contributed by atoms with E-state index in [4.69, 9.17) is 9.15 Å². The SMILES string of the molecule is COc1ccc(NC(C)=O)cc1NC(=O)c1occc1CSc1ccccc1. The molecule has 0 radical (unpaired) electrons. The van der Waals surface area contributed by atoms with Gasteiger partial charge in [-0.2, -0.15) is 0 Å². The quantitative estimate of drug-likeness (QED) is 0.561. The van der Waals surface area contributed by atoms with Crippen LogP contribution < -0.4 is 15.4 Å². The Morgan fingerprint density at radius 2 is 1.86 bits per heavy atom. The van der Waals surface area contributed by atoms with Gasteiger partial charge in [0.05, 0.1) is 19.1 Å². The van der Waals surface area contributed by atoms with E-state index >= 15 is 0 Å². The van der Waals surface area contributed by atoms with E-state index in [0.717, 1.165) is 10.5 Å². The van der Waals surface area contributed by atoms with Crippen molar-refractivity contribution in [1.29, 1.82) is 0 Å². The van der Waals surface area contributed by atoms with Crippen molar-refractivity contribution >= 4 is 35.0 Å². The van der Waals surface area contributed by atoms with Crippen molar-refractivity contribution in [2.24, 2.45) is 0 Å². The summed E-state index contributed by atoms with van der Waals surface area (Å²) in [6.45, 7) is 1.42. The molecule has 0 spiro atoms. The van der Waals surface area contributed by atoms with Gasteiger partial charge in [0.1, 0.15) is 5.75 Å². The molecule has 1 aromatic heterocycles. The van der Waals surface area contributed by atoms with Gasteiger partial charge in [-0.3, -0.25) is 9.59 Å². The molecule has 0 unspecified atom stereocenters. The van der Waals surface area contributed by atoms with Crippen molar-refractivity contribution < 1.29 is 18.7 Å². The van der Waals surface area contributed by atoms with Crippen molar-refractivity contribution in [3.8, 4) is 5.75 Å². The average molecular weight is 396 g/mol. The average Bonchev–Trinajstić information content (AvgIpc) is 3.16. The van der Waals surface area contributed by atoms with Crippen LogP contribution in [0, 0.1) is 0 Å².